The summed E-state index contributed by atoms with van der Waals surface area (Å²) in [6, 6.07) is 3.71. The van der Waals surface area contributed by atoms with E-state index in [4.69, 9.17) is 4.74 Å². The monoisotopic (exact) mass is 286 g/mol. The number of ether oxygens (including phenoxy) is 1. The van der Waals surface area contributed by atoms with Gasteiger partial charge in [0.1, 0.15) is 0 Å². The average Bonchev–Trinajstić information content (AvgIpc) is 2.41. The molecule has 0 aromatic heterocycles. The van der Waals surface area contributed by atoms with E-state index in [0.29, 0.717) is 6.42 Å². The first-order chi connectivity index (χ1) is 9.38. The van der Waals surface area contributed by atoms with Gasteiger partial charge in [0, 0.05) is 5.92 Å². The van der Waals surface area contributed by atoms with E-state index in [1.54, 1.807) is 13.8 Å². The number of carbonyl (C=O) groups excluding carboxylic acids is 1. The number of benzene rings is 1. The number of hydrogen-bond acceptors (Lipinski definition) is 3. The number of aliphatic hydroxyl groups is 1. The lowest BCUT2D eigenvalue weighted by molar-refractivity contribution is -0.168. The van der Waals surface area contributed by atoms with Crippen molar-refractivity contribution in [1.82, 2.24) is 0 Å². The van der Waals surface area contributed by atoms with Gasteiger partial charge in [-0.2, -0.15) is 0 Å². The Morgan fingerprint density at radius 2 is 2.05 bits per heavy atom. The molecule has 0 aliphatic rings. The summed E-state index contributed by atoms with van der Waals surface area (Å²) < 4.78 is 32.0. The van der Waals surface area contributed by atoms with Crippen molar-refractivity contribution in [2.75, 3.05) is 6.61 Å². The van der Waals surface area contributed by atoms with Crippen LogP contribution in [0.2, 0.25) is 0 Å². The Hall–Kier alpha value is -1.49. The first-order valence-electron chi connectivity index (χ1n) is 6.71. The second-order valence-electron chi connectivity index (χ2n) is 4.76. The predicted octanol–water partition coefficient (Wildman–Crippen LogP) is 3.16. The van der Waals surface area contributed by atoms with Crippen LogP contribution < -0.4 is 0 Å². The van der Waals surface area contributed by atoms with Gasteiger partial charge in [0.2, 0.25) is 0 Å². The summed E-state index contributed by atoms with van der Waals surface area (Å²) >= 11 is 0. The molecule has 2 atom stereocenters. The fourth-order valence-electron chi connectivity index (χ4n) is 2.24. The maximum absolute atomic E-state index is 13.8. The van der Waals surface area contributed by atoms with E-state index < -0.39 is 29.1 Å². The Morgan fingerprint density at radius 1 is 1.40 bits per heavy atom. The van der Waals surface area contributed by atoms with Crippen LogP contribution in [0.4, 0.5) is 8.78 Å². The van der Waals surface area contributed by atoms with Crippen LogP contribution in [-0.2, 0) is 9.53 Å². The van der Waals surface area contributed by atoms with E-state index >= 15 is 0 Å². The molecule has 1 aromatic rings. The second-order valence-corrected chi connectivity index (χ2v) is 4.76. The molecule has 0 aliphatic carbocycles. The highest BCUT2D eigenvalue weighted by molar-refractivity contribution is 5.80. The number of carbonyl (C=O) groups is 1. The van der Waals surface area contributed by atoms with Gasteiger partial charge in [0.15, 0.2) is 17.2 Å². The first kappa shape index (κ1) is 16.6. The number of halogens is 2. The molecule has 0 heterocycles. The highest BCUT2D eigenvalue weighted by Crippen LogP contribution is 2.35. The van der Waals surface area contributed by atoms with E-state index in [1.807, 2.05) is 0 Å². The smallest absolute Gasteiger partial charge is 0.338 e. The number of hydrogen-bond donors (Lipinski definition) is 1. The Balaban J connectivity index is 3.20. The lowest BCUT2D eigenvalue weighted by Crippen LogP contribution is -2.45. The van der Waals surface area contributed by atoms with E-state index in [1.165, 1.54) is 19.1 Å². The van der Waals surface area contributed by atoms with Crippen LogP contribution in [0.25, 0.3) is 0 Å². The molecule has 2 unspecified atom stereocenters. The number of esters is 1. The molecule has 3 nitrogen and oxygen atoms in total. The molecule has 0 radical (unpaired) electrons. The van der Waals surface area contributed by atoms with Crippen molar-refractivity contribution in [1.29, 1.82) is 0 Å². The van der Waals surface area contributed by atoms with Gasteiger partial charge in [-0.3, -0.25) is 0 Å². The summed E-state index contributed by atoms with van der Waals surface area (Å²) in [5, 5.41) is 10.6. The predicted molar refractivity (Wildman–Crippen MR) is 71.3 cm³/mol. The molecule has 0 spiro atoms. The Kier molecular flexibility index (Phi) is 5.62. The average molecular weight is 286 g/mol. The third kappa shape index (κ3) is 3.15. The van der Waals surface area contributed by atoms with Crippen molar-refractivity contribution in [3.05, 3.63) is 35.4 Å². The van der Waals surface area contributed by atoms with Crippen LogP contribution in [0.15, 0.2) is 18.2 Å². The minimum atomic E-state index is -1.86. The first-order valence-corrected chi connectivity index (χ1v) is 6.71. The molecule has 5 heteroatoms. The highest BCUT2D eigenvalue weighted by atomic mass is 19.2. The van der Waals surface area contributed by atoms with Crippen molar-refractivity contribution >= 4 is 5.97 Å². The Labute approximate surface area is 117 Å². The van der Waals surface area contributed by atoms with Gasteiger partial charge in [-0.05, 0) is 25.0 Å². The molecule has 20 heavy (non-hydrogen) atoms. The Bertz CT molecular complexity index is 476. The van der Waals surface area contributed by atoms with Gasteiger partial charge in [0.05, 0.1) is 6.61 Å². The van der Waals surface area contributed by atoms with Crippen LogP contribution in [0, 0.1) is 11.6 Å². The summed E-state index contributed by atoms with van der Waals surface area (Å²) in [5.74, 6) is -3.76. The SMILES string of the molecule is CCCC(O)(C(=O)OCC)C(C)c1cccc(F)c1F. The third-order valence-corrected chi connectivity index (χ3v) is 3.42. The van der Waals surface area contributed by atoms with Gasteiger partial charge < -0.3 is 9.84 Å². The summed E-state index contributed by atoms with van der Waals surface area (Å²) in [6.07, 6.45) is 0.625. The van der Waals surface area contributed by atoms with Crippen LogP contribution in [0.3, 0.4) is 0 Å². The summed E-state index contributed by atoms with van der Waals surface area (Å²) in [4.78, 5) is 12.0. The maximum atomic E-state index is 13.8. The molecule has 0 saturated carbocycles. The zero-order valence-corrected chi connectivity index (χ0v) is 12.0. The highest BCUT2D eigenvalue weighted by Gasteiger charge is 2.44. The molecule has 1 rings (SSSR count). The lowest BCUT2D eigenvalue weighted by Gasteiger charge is -2.32. The molecule has 0 fully saturated rings. The van der Waals surface area contributed by atoms with Crippen LogP contribution >= 0.6 is 0 Å². The van der Waals surface area contributed by atoms with Gasteiger partial charge in [-0.1, -0.05) is 32.4 Å². The van der Waals surface area contributed by atoms with Crippen LogP contribution in [0.5, 0.6) is 0 Å². The fourth-order valence-corrected chi connectivity index (χ4v) is 2.24. The van der Waals surface area contributed by atoms with Gasteiger partial charge >= 0.3 is 5.97 Å². The molecule has 0 amide bonds. The lowest BCUT2D eigenvalue weighted by atomic mass is 9.80. The molecular formula is C15H20F2O3. The molecule has 0 aliphatic heterocycles. The second kappa shape index (κ2) is 6.79. The van der Waals surface area contributed by atoms with Crippen molar-refractivity contribution in [2.24, 2.45) is 0 Å². The number of rotatable bonds is 6. The minimum Gasteiger partial charge on any atom is -0.464 e. The fraction of sp³-hybridized carbons (Fsp3) is 0.533. The Morgan fingerprint density at radius 3 is 2.60 bits per heavy atom. The summed E-state index contributed by atoms with van der Waals surface area (Å²) in [7, 11) is 0. The zero-order chi connectivity index (χ0) is 15.3. The van der Waals surface area contributed by atoms with Crippen molar-refractivity contribution in [3.63, 3.8) is 0 Å². The molecule has 0 bridgehead atoms. The molecule has 1 aromatic carbocycles. The summed E-state index contributed by atoms with van der Waals surface area (Å²) in [6.45, 7) is 5.02. The van der Waals surface area contributed by atoms with Crippen molar-refractivity contribution in [2.45, 2.75) is 45.1 Å². The molecule has 112 valence electrons. The molecule has 0 saturated heterocycles. The third-order valence-electron chi connectivity index (χ3n) is 3.42. The topological polar surface area (TPSA) is 46.5 Å². The van der Waals surface area contributed by atoms with Gasteiger partial charge in [0.25, 0.3) is 0 Å². The van der Waals surface area contributed by atoms with E-state index in [9.17, 15) is 18.7 Å². The maximum Gasteiger partial charge on any atom is 0.338 e. The summed E-state index contributed by atoms with van der Waals surface area (Å²) in [5.41, 5.74) is -1.90. The zero-order valence-electron chi connectivity index (χ0n) is 12.0. The van der Waals surface area contributed by atoms with E-state index in [2.05, 4.69) is 0 Å². The van der Waals surface area contributed by atoms with E-state index in [-0.39, 0.29) is 18.6 Å². The molecular weight excluding hydrogens is 266 g/mol. The normalized spacial score (nSPS) is 15.5. The van der Waals surface area contributed by atoms with Crippen LogP contribution in [0.1, 0.15) is 45.1 Å². The standard InChI is InChI=1S/C15H20F2O3/c1-4-9-15(19,14(18)20-5-2)10(3)11-7-6-8-12(16)13(11)17/h6-8,10,19H,4-5,9H2,1-3H3. The van der Waals surface area contributed by atoms with Crippen molar-refractivity contribution < 1.29 is 23.4 Å². The quantitative estimate of drug-likeness (QED) is 0.817. The van der Waals surface area contributed by atoms with Crippen LogP contribution in [-0.4, -0.2) is 23.3 Å². The van der Waals surface area contributed by atoms with Crippen molar-refractivity contribution in [3.8, 4) is 0 Å². The minimum absolute atomic E-state index is 0.0333. The van der Waals surface area contributed by atoms with Gasteiger partial charge in [-0.25, -0.2) is 13.6 Å². The largest absolute Gasteiger partial charge is 0.464 e. The van der Waals surface area contributed by atoms with Gasteiger partial charge in [-0.15, -0.1) is 0 Å². The molecule has 1 N–H and O–H groups in total. The van der Waals surface area contributed by atoms with E-state index in [0.717, 1.165) is 6.07 Å².